The van der Waals surface area contributed by atoms with Crippen molar-refractivity contribution in [2.45, 2.75) is 82.8 Å². The lowest BCUT2D eigenvalue weighted by Gasteiger charge is -2.48. The summed E-state index contributed by atoms with van der Waals surface area (Å²) in [5.41, 5.74) is -0.126. The van der Waals surface area contributed by atoms with Crippen molar-refractivity contribution in [3.63, 3.8) is 0 Å². The van der Waals surface area contributed by atoms with Gasteiger partial charge in [-0.05, 0) is 38.5 Å². The van der Waals surface area contributed by atoms with Gasteiger partial charge in [0.2, 0.25) is 0 Å². The van der Waals surface area contributed by atoms with Gasteiger partial charge in [0, 0.05) is 36.0 Å². The van der Waals surface area contributed by atoms with E-state index < -0.39 is 29.5 Å². The van der Waals surface area contributed by atoms with Gasteiger partial charge >= 0.3 is 11.8 Å². The van der Waals surface area contributed by atoms with Crippen molar-refractivity contribution in [1.29, 1.82) is 0 Å². The summed E-state index contributed by atoms with van der Waals surface area (Å²) in [7, 11) is 0. The van der Waals surface area contributed by atoms with Crippen LogP contribution >= 0.6 is 0 Å². The van der Waals surface area contributed by atoms with Crippen molar-refractivity contribution >= 4 is 6.29 Å². The molecule has 1 spiro atoms. The quantitative estimate of drug-likeness (QED) is 0.484. The smallest absolute Gasteiger partial charge is 0.313 e. The molecule has 0 bridgehead atoms. The van der Waals surface area contributed by atoms with Crippen LogP contribution in [0.3, 0.4) is 0 Å². The van der Waals surface area contributed by atoms with Crippen LogP contribution in [0, 0.1) is 23.2 Å². The minimum Gasteiger partial charge on any atom is -0.349 e. The van der Waals surface area contributed by atoms with Gasteiger partial charge in [0.1, 0.15) is 6.29 Å². The van der Waals surface area contributed by atoms with Gasteiger partial charge in [-0.3, -0.25) is 0 Å². The Morgan fingerprint density at radius 3 is 1.70 bits per heavy atom. The highest BCUT2D eigenvalue weighted by atomic mass is 19.3. The minimum absolute atomic E-state index is 0.0239. The first kappa shape index (κ1) is 21.0. The zero-order valence-electron chi connectivity index (χ0n) is 16.1. The molecule has 27 heavy (non-hydrogen) atoms. The Morgan fingerprint density at radius 1 is 0.815 bits per heavy atom. The zero-order valence-corrected chi connectivity index (χ0v) is 16.1. The van der Waals surface area contributed by atoms with Crippen LogP contribution in [-0.4, -0.2) is 37.1 Å². The SMILES string of the molecule is CC1(C)COC2(CCC(C(F)(F)C(F)(F)C3CCC(C=O)CC3)CC2)OC1. The highest BCUT2D eigenvalue weighted by Crippen LogP contribution is 2.54. The van der Waals surface area contributed by atoms with Crippen molar-refractivity contribution in [2.24, 2.45) is 23.2 Å². The monoisotopic (exact) mass is 394 g/mol. The molecule has 1 aliphatic heterocycles. The molecule has 0 aromatic heterocycles. The fraction of sp³-hybridized carbons (Fsp3) is 0.950. The number of ether oxygens (including phenoxy) is 2. The van der Waals surface area contributed by atoms with Crippen molar-refractivity contribution < 1.29 is 31.8 Å². The summed E-state index contributed by atoms with van der Waals surface area (Å²) in [4.78, 5) is 10.8. The van der Waals surface area contributed by atoms with Crippen LogP contribution < -0.4 is 0 Å². The molecule has 7 heteroatoms. The molecule has 3 fully saturated rings. The number of halogens is 4. The summed E-state index contributed by atoms with van der Waals surface area (Å²) in [6.45, 7) is 4.95. The van der Waals surface area contributed by atoms with Crippen LogP contribution in [0.25, 0.3) is 0 Å². The maximum absolute atomic E-state index is 14.8. The molecule has 3 aliphatic rings. The van der Waals surface area contributed by atoms with Crippen molar-refractivity contribution in [2.75, 3.05) is 13.2 Å². The van der Waals surface area contributed by atoms with Gasteiger partial charge in [-0.15, -0.1) is 0 Å². The second-order valence-corrected chi connectivity index (χ2v) is 9.42. The van der Waals surface area contributed by atoms with Crippen LogP contribution in [0.1, 0.15) is 65.2 Å². The molecule has 0 unspecified atom stereocenters. The summed E-state index contributed by atoms with van der Waals surface area (Å²) in [5.74, 6) is -12.0. The third-order valence-electron chi connectivity index (χ3n) is 6.63. The molecule has 0 N–H and O–H groups in total. The Kier molecular flexibility index (Phi) is 5.67. The molecule has 0 amide bonds. The van der Waals surface area contributed by atoms with E-state index in [2.05, 4.69) is 0 Å². The van der Waals surface area contributed by atoms with Crippen LogP contribution in [0.15, 0.2) is 0 Å². The van der Waals surface area contributed by atoms with Gasteiger partial charge in [-0.25, -0.2) is 0 Å². The van der Waals surface area contributed by atoms with Gasteiger partial charge in [-0.2, -0.15) is 17.6 Å². The van der Waals surface area contributed by atoms with E-state index in [1.54, 1.807) is 0 Å². The summed E-state index contributed by atoms with van der Waals surface area (Å²) in [6.07, 6.45) is 1.61. The van der Waals surface area contributed by atoms with E-state index in [4.69, 9.17) is 9.47 Å². The molecule has 0 aromatic carbocycles. The number of carbonyl (C=O) groups is 1. The van der Waals surface area contributed by atoms with Crippen LogP contribution in [0.4, 0.5) is 17.6 Å². The number of hydrogen-bond donors (Lipinski definition) is 0. The molecule has 1 heterocycles. The summed E-state index contributed by atoms with van der Waals surface area (Å²) < 4.78 is 70.8. The fourth-order valence-corrected chi connectivity index (χ4v) is 4.61. The predicted molar refractivity (Wildman–Crippen MR) is 91.8 cm³/mol. The standard InChI is InChI=1S/C20H30F4O3/c1-17(2)12-26-18(27-13-17)9-7-16(8-10-18)20(23,24)19(21,22)15-5-3-14(11-25)4-6-15/h11,14-16H,3-10,12-13H2,1-2H3. The fourth-order valence-electron chi connectivity index (χ4n) is 4.61. The molecular weight excluding hydrogens is 364 g/mol. The van der Waals surface area contributed by atoms with Crippen molar-refractivity contribution in [1.82, 2.24) is 0 Å². The second-order valence-electron chi connectivity index (χ2n) is 9.42. The van der Waals surface area contributed by atoms with E-state index in [1.807, 2.05) is 13.8 Å². The molecule has 156 valence electrons. The largest absolute Gasteiger partial charge is 0.349 e. The number of hydrogen-bond acceptors (Lipinski definition) is 3. The highest BCUT2D eigenvalue weighted by molar-refractivity contribution is 5.53. The predicted octanol–water partition coefficient (Wildman–Crippen LogP) is 5.22. The average molecular weight is 394 g/mol. The molecule has 2 saturated carbocycles. The first-order valence-corrected chi connectivity index (χ1v) is 10.0. The maximum atomic E-state index is 14.8. The Morgan fingerprint density at radius 2 is 1.26 bits per heavy atom. The van der Waals surface area contributed by atoms with Gasteiger partial charge in [-0.1, -0.05) is 13.8 Å². The number of rotatable bonds is 4. The van der Waals surface area contributed by atoms with Gasteiger partial charge < -0.3 is 14.3 Å². The Labute approximate surface area is 158 Å². The van der Waals surface area contributed by atoms with Crippen LogP contribution in [0.2, 0.25) is 0 Å². The maximum Gasteiger partial charge on any atom is 0.313 e. The molecule has 2 aliphatic carbocycles. The highest BCUT2D eigenvalue weighted by Gasteiger charge is 2.65. The van der Waals surface area contributed by atoms with Gasteiger partial charge in [0.05, 0.1) is 13.2 Å². The Bertz CT molecular complexity index is 521. The van der Waals surface area contributed by atoms with Crippen molar-refractivity contribution in [3.8, 4) is 0 Å². The third-order valence-corrected chi connectivity index (χ3v) is 6.63. The normalized spacial score (nSPS) is 32.4. The third kappa shape index (κ3) is 4.04. The molecule has 0 atom stereocenters. The molecular formula is C20H30F4O3. The van der Waals surface area contributed by atoms with Gasteiger partial charge in [0.15, 0.2) is 5.79 Å². The number of alkyl halides is 4. The lowest BCUT2D eigenvalue weighted by molar-refractivity contribution is -0.326. The first-order chi connectivity index (χ1) is 12.5. The zero-order chi connectivity index (χ0) is 19.9. The molecule has 0 radical (unpaired) electrons. The summed E-state index contributed by atoms with van der Waals surface area (Å²) >= 11 is 0. The lowest BCUT2D eigenvalue weighted by atomic mass is 9.72. The Hall–Kier alpha value is -0.690. The van der Waals surface area contributed by atoms with Gasteiger partial charge in [0.25, 0.3) is 0 Å². The molecule has 0 aromatic rings. The number of aldehydes is 1. The summed E-state index contributed by atoms with van der Waals surface area (Å²) in [5, 5.41) is 0. The van der Waals surface area contributed by atoms with E-state index in [9.17, 15) is 22.4 Å². The molecule has 3 nitrogen and oxygen atoms in total. The first-order valence-electron chi connectivity index (χ1n) is 10.0. The summed E-state index contributed by atoms with van der Waals surface area (Å²) in [6, 6.07) is 0. The minimum atomic E-state index is -4.05. The van der Waals surface area contributed by atoms with E-state index in [0.29, 0.717) is 13.2 Å². The Balaban J connectivity index is 1.61. The van der Waals surface area contributed by atoms with Crippen LogP contribution in [0.5, 0.6) is 0 Å². The topological polar surface area (TPSA) is 35.5 Å². The molecule has 1 saturated heterocycles. The van der Waals surface area contributed by atoms with E-state index >= 15 is 0 Å². The average Bonchev–Trinajstić information content (AvgIpc) is 2.65. The van der Waals surface area contributed by atoms with E-state index in [-0.39, 0.29) is 62.7 Å². The van der Waals surface area contributed by atoms with Crippen molar-refractivity contribution in [3.05, 3.63) is 0 Å². The lowest BCUT2D eigenvalue weighted by Crippen LogP contribution is -2.55. The van der Waals surface area contributed by atoms with Crippen LogP contribution in [-0.2, 0) is 14.3 Å². The number of carbonyl (C=O) groups excluding carboxylic acids is 1. The second kappa shape index (κ2) is 7.29. The molecule has 3 rings (SSSR count). The van der Waals surface area contributed by atoms with E-state index in [0.717, 1.165) is 6.29 Å². The van der Waals surface area contributed by atoms with E-state index in [1.165, 1.54) is 0 Å².